The number of aromatic nitrogens is 3. The lowest BCUT2D eigenvalue weighted by atomic mass is 10.3. The first kappa shape index (κ1) is 13.2. The van der Waals surface area contributed by atoms with Crippen LogP contribution < -0.4 is 4.72 Å². The Hall–Kier alpha value is -1.25. The van der Waals surface area contributed by atoms with E-state index in [4.69, 9.17) is 0 Å². The number of rotatable bonds is 6. The first-order chi connectivity index (χ1) is 8.61. The van der Waals surface area contributed by atoms with Crippen LogP contribution in [0, 0.1) is 0 Å². The molecule has 2 aromatic heterocycles. The molecule has 0 bridgehead atoms. The second-order valence-electron chi connectivity index (χ2n) is 3.62. The Morgan fingerprint density at radius 2 is 2.33 bits per heavy atom. The Balaban J connectivity index is 1.92. The summed E-state index contributed by atoms with van der Waals surface area (Å²) in [6, 6.07) is 1.83. The zero-order chi connectivity index (χ0) is 13.0. The average Bonchev–Trinajstić information content (AvgIpc) is 2.98. The van der Waals surface area contributed by atoms with Crippen LogP contribution in [-0.2, 0) is 16.4 Å². The quantitative estimate of drug-likeness (QED) is 0.852. The number of hydrogen-bond donors (Lipinski definition) is 1. The zero-order valence-corrected chi connectivity index (χ0v) is 11.5. The minimum absolute atomic E-state index is 0.0998. The largest absolute Gasteiger partial charge is 0.223 e. The number of nitrogens with zero attached hydrogens (tertiary/aromatic N) is 3. The fourth-order valence-electron chi connectivity index (χ4n) is 1.33. The van der Waals surface area contributed by atoms with Crippen LogP contribution in [-0.4, -0.2) is 35.5 Å². The van der Waals surface area contributed by atoms with Crippen LogP contribution in [0.5, 0.6) is 0 Å². The van der Waals surface area contributed by atoms with Crippen molar-refractivity contribution in [3.05, 3.63) is 29.5 Å². The predicted molar refractivity (Wildman–Crippen MR) is 70.4 cm³/mol. The van der Waals surface area contributed by atoms with E-state index in [2.05, 4.69) is 14.8 Å². The molecule has 18 heavy (non-hydrogen) atoms. The van der Waals surface area contributed by atoms with E-state index in [1.54, 1.807) is 17.8 Å². The molecule has 0 unspecified atom stereocenters. The van der Waals surface area contributed by atoms with Gasteiger partial charge in [-0.2, -0.15) is 5.10 Å². The summed E-state index contributed by atoms with van der Waals surface area (Å²) in [4.78, 5) is 4.38. The SMILES string of the molecule is CCS(=O)(=O)NCCc1csc(-n2cccn2)n1. The number of hydrogen-bond acceptors (Lipinski definition) is 5. The minimum Gasteiger partial charge on any atom is -0.223 e. The maximum atomic E-state index is 11.2. The van der Waals surface area contributed by atoms with E-state index in [9.17, 15) is 8.42 Å². The van der Waals surface area contributed by atoms with Gasteiger partial charge in [0.2, 0.25) is 15.2 Å². The van der Waals surface area contributed by atoms with Gasteiger partial charge in [0.25, 0.3) is 0 Å². The van der Waals surface area contributed by atoms with Crippen LogP contribution in [0.25, 0.3) is 5.13 Å². The molecule has 0 aliphatic rings. The van der Waals surface area contributed by atoms with E-state index >= 15 is 0 Å². The molecular weight excluding hydrogens is 272 g/mol. The van der Waals surface area contributed by atoms with Crippen LogP contribution in [0.3, 0.4) is 0 Å². The standard InChI is InChI=1S/C10H14N4O2S2/c1-2-18(15,16)12-6-4-9-8-17-10(13-9)14-7-3-5-11-14/h3,5,7-8,12H,2,4,6H2,1H3. The van der Waals surface area contributed by atoms with Crippen molar-refractivity contribution in [3.63, 3.8) is 0 Å². The second-order valence-corrected chi connectivity index (χ2v) is 6.55. The summed E-state index contributed by atoms with van der Waals surface area (Å²) in [6.07, 6.45) is 4.09. The fourth-order valence-corrected chi connectivity index (χ4v) is 2.75. The van der Waals surface area contributed by atoms with E-state index in [0.29, 0.717) is 13.0 Å². The maximum Gasteiger partial charge on any atom is 0.211 e. The molecule has 8 heteroatoms. The highest BCUT2D eigenvalue weighted by Gasteiger charge is 2.07. The summed E-state index contributed by atoms with van der Waals surface area (Å²) in [6.45, 7) is 1.99. The highest BCUT2D eigenvalue weighted by Crippen LogP contribution is 2.13. The van der Waals surface area contributed by atoms with E-state index in [-0.39, 0.29) is 5.75 Å². The van der Waals surface area contributed by atoms with Gasteiger partial charge in [0.05, 0.1) is 11.4 Å². The molecule has 0 saturated carbocycles. The average molecular weight is 286 g/mol. The highest BCUT2D eigenvalue weighted by molar-refractivity contribution is 7.89. The van der Waals surface area contributed by atoms with Crippen molar-refractivity contribution in [3.8, 4) is 5.13 Å². The summed E-state index contributed by atoms with van der Waals surface area (Å²) < 4.78 is 26.7. The summed E-state index contributed by atoms with van der Waals surface area (Å²) in [5, 5.41) is 6.79. The van der Waals surface area contributed by atoms with Gasteiger partial charge in [-0.05, 0) is 13.0 Å². The minimum atomic E-state index is -3.12. The summed E-state index contributed by atoms with van der Waals surface area (Å²) in [7, 11) is -3.12. The molecule has 0 spiro atoms. The molecule has 1 N–H and O–H groups in total. The van der Waals surface area contributed by atoms with E-state index in [0.717, 1.165) is 10.8 Å². The van der Waals surface area contributed by atoms with Gasteiger partial charge in [-0.3, -0.25) is 0 Å². The van der Waals surface area contributed by atoms with Crippen LogP contribution >= 0.6 is 11.3 Å². The highest BCUT2D eigenvalue weighted by atomic mass is 32.2. The van der Waals surface area contributed by atoms with Crippen molar-refractivity contribution in [2.75, 3.05) is 12.3 Å². The van der Waals surface area contributed by atoms with Crippen LogP contribution in [0.1, 0.15) is 12.6 Å². The van der Waals surface area contributed by atoms with Gasteiger partial charge in [0.1, 0.15) is 0 Å². The summed E-state index contributed by atoms with van der Waals surface area (Å²) in [5.74, 6) is 0.0998. The second kappa shape index (κ2) is 5.59. The van der Waals surface area contributed by atoms with E-state index in [1.807, 2.05) is 17.6 Å². The molecule has 6 nitrogen and oxygen atoms in total. The van der Waals surface area contributed by atoms with E-state index in [1.165, 1.54) is 11.3 Å². The molecule has 0 radical (unpaired) electrons. The monoisotopic (exact) mass is 286 g/mol. The van der Waals surface area contributed by atoms with Gasteiger partial charge in [0, 0.05) is 30.7 Å². The third-order valence-corrected chi connectivity index (χ3v) is 4.61. The smallest absolute Gasteiger partial charge is 0.211 e. The Labute approximate surface area is 110 Å². The Morgan fingerprint density at radius 1 is 1.50 bits per heavy atom. The van der Waals surface area contributed by atoms with Crippen molar-refractivity contribution in [2.45, 2.75) is 13.3 Å². The van der Waals surface area contributed by atoms with Gasteiger partial charge in [-0.1, -0.05) is 0 Å². The lowest BCUT2D eigenvalue weighted by molar-refractivity contribution is 0.582. The lowest BCUT2D eigenvalue weighted by Gasteiger charge is -2.02. The van der Waals surface area contributed by atoms with Crippen LogP contribution in [0.4, 0.5) is 0 Å². The predicted octanol–water partition coefficient (Wildman–Crippen LogP) is 0.811. The molecule has 2 heterocycles. The topological polar surface area (TPSA) is 76.9 Å². The Kier molecular flexibility index (Phi) is 4.10. The molecular formula is C10H14N4O2S2. The molecule has 0 aliphatic heterocycles. The summed E-state index contributed by atoms with van der Waals surface area (Å²) >= 11 is 1.48. The van der Waals surface area contributed by atoms with Gasteiger partial charge in [-0.25, -0.2) is 22.8 Å². The Morgan fingerprint density at radius 3 is 3.00 bits per heavy atom. The summed E-state index contributed by atoms with van der Waals surface area (Å²) in [5.41, 5.74) is 0.865. The molecule has 2 aromatic rings. The number of sulfonamides is 1. The van der Waals surface area contributed by atoms with Crippen molar-refractivity contribution in [2.24, 2.45) is 0 Å². The molecule has 2 rings (SSSR count). The van der Waals surface area contributed by atoms with Crippen molar-refractivity contribution >= 4 is 21.4 Å². The zero-order valence-electron chi connectivity index (χ0n) is 9.91. The first-order valence-electron chi connectivity index (χ1n) is 5.52. The van der Waals surface area contributed by atoms with Gasteiger partial charge < -0.3 is 0 Å². The Bertz CT molecular complexity index is 589. The van der Waals surface area contributed by atoms with Gasteiger partial charge in [0.15, 0.2) is 0 Å². The molecule has 0 atom stereocenters. The molecule has 0 fully saturated rings. The molecule has 0 aromatic carbocycles. The normalized spacial score (nSPS) is 11.8. The number of thiazole rings is 1. The third kappa shape index (κ3) is 3.37. The van der Waals surface area contributed by atoms with E-state index < -0.39 is 10.0 Å². The van der Waals surface area contributed by atoms with Crippen LogP contribution in [0.15, 0.2) is 23.8 Å². The van der Waals surface area contributed by atoms with Crippen molar-refractivity contribution < 1.29 is 8.42 Å². The van der Waals surface area contributed by atoms with Gasteiger partial charge >= 0.3 is 0 Å². The van der Waals surface area contributed by atoms with Crippen molar-refractivity contribution in [1.82, 2.24) is 19.5 Å². The fraction of sp³-hybridized carbons (Fsp3) is 0.400. The number of nitrogens with one attached hydrogen (secondary N) is 1. The molecule has 0 saturated heterocycles. The third-order valence-electron chi connectivity index (χ3n) is 2.32. The van der Waals surface area contributed by atoms with Crippen molar-refractivity contribution in [1.29, 1.82) is 0 Å². The molecule has 98 valence electrons. The van der Waals surface area contributed by atoms with Crippen LogP contribution in [0.2, 0.25) is 0 Å². The lowest BCUT2D eigenvalue weighted by Crippen LogP contribution is -2.27. The molecule has 0 aliphatic carbocycles. The maximum absolute atomic E-state index is 11.2. The van der Waals surface area contributed by atoms with Gasteiger partial charge in [-0.15, -0.1) is 11.3 Å². The molecule has 0 amide bonds. The first-order valence-corrected chi connectivity index (χ1v) is 8.05.